The molecule has 1 aromatic heterocycles. The Kier molecular flexibility index (Phi) is 15.7. The van der Waals surface area contributed by atoms with E-state index in [4.69, 9.17) is 46.7 Å². The van der Waals surface area contributed by atoms with Crippen LogP contribution in [0.2, 0.25) is 16.6 Å². The van der Waals surface area contributed by atoms with Gasteiger partial charge in [0.15, 0.2) is 17.5 Å². The van der Waals surface area contributed by atoms with E-state index in [1.165, 1.54) is 13.2 Å². The summed E-state index contributed by atoms with van der Waals surface area (Å²) in [5.41, 5.74) is -5.82. The molecule has 16 nitrogen and oxygen atoms in total. The molecule has 3 aliphatic carbocycles. The van der Waals surface area contributed by atoms with E-state index >= 15 is 4.79 Å². The normalized spacial score (nSPS) is 32.2. The standard InChI is InChI=1S/C56H81NO15Si/c1-18-26-64-39-28-40-55(30-65-40,68-35(9)58)45-47(67-48(59)36-23-20-19-21-24-36)56(62)29-38(34(8)41(52(56,13)14)43-46(54(39,45)17)70-53(15,16)69-43)66-49(60)44(72-73(31(2)3,32(4)5)33(6)7)42(37-25-22-27-63-37)57-50(61)71-51(10,11)12/h18-25,27,31-33,38-40,42-47,62H,1,26,28-30H2,2-17H3,(H,57,61)/t38-,39-,40+,42-,43+,44+,45-,46+,47-,54+,55-,56+/m0/s1. The van der Waals surface area contributed by atoms with E-state index in [1.54, 1.807) is 83.2 Å². The first-order chi connectivity index (χ1) is 33.9. The van der Waals surface area contributed by atoms with Gasteiger partial charge < -0.3 is 57.2 Å². The number of benzene rings is 1. The molecule has 404 valence electrons. The molecule has 2 aliphatic heterocycles. The highest BCUT2D eigenvalue weighted by atomic mass is 28.4. The molecule has 0 spiro atoms. The summed E-state index contributed by atoms with van der Waals surface area (Å²) < 4.78 is 66.5. The summed E-state index contributed by atoms with van der Waals surface area (Å²) in [6.45, 7) is 34.2. The lowest BCUT2D eigenvalue weighted by atomic mass is 9.44. The second-order valence-corrected chi connectivity index (χ2v) is 29.4. The van der Waals surface area contributed by atoms with Gasteiger partial charge in [-0.2, -0.15) is 0 Å². The number of nitrogens with one attached hydrogen (secondary N) is 1. The van der Waals surface area contributed by atoms with Gasteiger partial charge in [0.05, 0.1) is 43.2 Å². The fraction of sp³-hybridized carbons (Fsp3) is 0.679. The number of carbonyl (C=O) groups excluding carboxylic acids is 4. The SMILES string of the molecule is C=CCO[C@H]1C[C@H]2OC[C@@]2(OC(C)=O)[C@H]2[C@H](OC(=O)c3ccccc3)[C@]3(O)C[C@H](OC(=O)[C@H](O[Si](C(C)C)(C(C)C)C(C)C)[C@@H](NC(=O)OC(C)(C)C)c4ccco4)C(C)=C([C@H]4OC(C)(C)O[C@H]4[C@]12C)C3(C)C. The third kappa shape index (κ3) is 9.89. The molecule has 2 saturated carbocycles. The molecular formula is C56H81NO15Si. The van der Waals surface area contributed by atoms with Crippen molar-refractivity contribution in [3.8, 4) is 0 Å². The molecule has 73 heavy (non-hydrogen) atoms. The van der Waals surface area contributed by atoms with Gasteiger partial charge in [-0.15, -0.1) is 6.58 Å². The number of aliphatic hydroxyl groups is 1. The summed E-state index contributed by atoms with van der Waals surface area (Å²) in [4.78, 5) is 58.0. The number of esters is 3. The monoisotopic (exact) mass is 1040 g/mol. The van der Waals surface area contributed by atoms with Gasteiger partial charge in [-0.05, 0) is 93.6 Å². The van der Waals surface area contributed by atoms with Crippen LogP contribution < -0.4 is 5.32 Å². The molecule has 0 unspecified atom stereocenters. The van der Waals surface area contributed by atoms with Crippen LogP contribution >= 0.6 is 0 Å². The van der Waals surface area contributed by atoms with Crippen LogP contribution in [0.1, 0.15) is 146 Å². The van der Waals surface area contributed by atoms with Crippen molar-refractivity contribution in [1.82, 2.24) is 5.32 Å². The second kappa shape index (κ2) is 20.3. The number of amides is 1. The molecule has 2 N–H and O–H groups in total. The molecule has 7 rings (SSSR count). The van der Waals surface area contributed by atoms with Crippen LogP contribution in [0.5, 0.6) is 0 Å². The number of carbonyl (C=O) groups is 4. The maximum atomic E-state index is 15.8. The molecule has 2 saturated heterocycles. The molecule has 2 aromatic rings. The van der Waals surface area contributed by atoms with Gasteiger partial charge in [0.2, 0.25) is 8.32 Å². The summed E-state index contributed by atoms with van der Waals surface area (Å²) in [7, 11) is -3.02. The Balaban J connectivity index is 1.48. The zero-order valence-corrected chi connectivity index (χ0v) is 46.8. The minimum atomic E-state index is -3.02. The van der Waals surface area contributed by atoms with Gasteiger partial charge >= 0.3 is 24.0 Å². The van der Waals surface area contributed by atoms with Crippen molar-refractivity contribution in [2.24, 2.45) is 16.7 Å². The summed E-state index contributed by atoms with van der Waals surface area (Å²) in [5, 5.41) is 17.3. The van der Waals surface area contributed by atoms with Gasteiger partial charge in [0.1, 0.15) is 47.4 Å². The van der Waals surface area contributed by atoms with Crippen molar-refractivity contribution in [2.75, 3.05) is 13.2 Å². The zero-order valence-electron chi connectivity index (χ0n) is 45.8. The molecule has 0 radical (unpaired) electrons. The van der Waals surface area contributed by atoms with Crippen LogP contribution in [0.15, 0.2) is 76.9 Å². The Morgan fingerprint density at radius 2 is 1.58 bits per heavy atom. The molecule has 1 aromatic carbocycles. The van der Waals surface area contributed by atoms with Crippen LogP contribution in [-0.4, -0.2) is 116 Å². The Morgan fingerprint density at radius 3 is 2.11 bits per heavy atom. The van der Waals surface area contributed by atoms with Crippen LogP contribution in [0.3, 0.4) is 0 Å². The van der Waals surface area contributed by atoms with Crippen LogP contribution in [0.25, 0.3) is 0 Å². The van der Waals surface area contributed by atoms with E-state index in [0.717, 1.165) is 0 Å². The Hall–Kier alpha value is -4.36. The number of alkyl carbamates (subject to hydrolysis) is 1. The number of ether oxygens (including phenoxy) is 8. The molecule has 4 fully saturated rings. The average molecular weight is 1040 g/mol. The first kappa shape index (κ1) is 56.4. The summed E-state index contributed by atoms with van der Waals surface area (Å²) in [6.07, 6.45) is -5.36. The number of furan rings is 1. The van der Waals surface area contributed by atoms with E-state index in [0.29, 0.717) is 11.1 Å². The fourth-order valence-electron chi connectivity index (χ4n) is 13.6. The van der Waals surface area contributed by atoms with Crippen molar-refractivity contribution in [3.63, 3.8) is 0 Å². The highest BCUT2D eigenvalue weighted by molar-refractivity contribution is 6.77. The maximum absolute atomic E-state index is 15.8. The van der Waals surface area contributed by atoms with Crippen molar-refractivity contribution in [2.45, 2.75) is 212 Å². The average Bonchev–Trinajstić information content (AvgIpc) is 3.93. The van der Waals surface area contributed by atoms with Crippen molar-refractivity contribution < 1.29 is 71.0 Å². The zero-order chi connectivity index (χ0) is 54.0. The predicted molar refractivity (Wildman–Crippen MR) is 273 cm³/mol. The smallest absolute Gasteiger partial charge is 0.408 e. The largest absolute Gasteiger partial charge is 0.467 e. The summed E-state index contributed by atoms with van der Waals surface area (Å²) >= 11 is 0. The highest BCUT2D eigenvalue weighted by Crippen LogP contribution is 2.68. The van der Waals surface area contributed by atoms with Crippen molar-refractivity contribution >= 4 is 32.3 Å². The first-order valence-corrected chi connectivity index (χ1v) is 28.1. The Morgan fingerprint density at radius 1 is 0.932 bits per heavy atom. The van der Waals surface area contributed by atoms with Gasteiger partial charge in [-0.3, -0.25) is 4.79 Å². The van der Waals surface area contributed by atoms with E-state index in [9.17, 15) is 19.5 Å². The molecule has 5 aliphatic rings. The highest BCUT2D eigenvalue weighted by Gasteiger charge is 2.79. The molecule has 12 atom stereocenters. The van der Waals surface area contributed by atoms with Crippen LogP contribution in [0, 0.1) is 16.7 Å². The predicted octanol–water partition coefficient (Wildman–Crippen LogP) is 9.85. The minimum Gasteiger partial charge on any atom is -0.467 e. The number of hydrogen-bond donors (Lipinski definition) is 2. The van der Waals surface area contributed by atoms with E-state index in [2.05, 4.69) is 53.4 Å². The third-order valence-corrected chi connectivity index (χ3v) is 22.7. The van der Waals surface area contributed by atoms with E-state index in [-0.39, 0.29) is 54.0 Å². The van der Waals surface area contributed by atoms with Crippen molar-refractivity contribution in [1.29, 1.82) is 0 Å². The van der Waals surface area contributed by atoms with E-state index in [1.807, 2.05) is 27.7 Å². The van der Waals surface area contributed by atoms with E-state index < -0.39 is 120 Å². The number of fused-ring (bicyclic) bond motifs is 8. The number of rotatable bonds is 16. The Bertz CT molecular complexity index is 2370. The summed E-state index contributed by atoms with van der Waals surface area (Å²) in [6, 6.07) is 10.5. The van der Waals surface area contributed by atoms with Gasteiger partial charge in [-0.1, -0.05) is 86.6 Å². The quantitative estimate of drug-likeness (QED) is 0.0697. The molecule has 3 heterocycles. The number of hydrogen-bond acceptors (Lipinski definition) is 15. The molecular weight excluding hydrogens is 955 g/mol. The van der Waals surface area contributed by atoms with Gasteiger partial charge in [0, 0.05) is 30.6 Å². The maximum Gasteiger partial charge on any atom is 0.408 e. The lowest BCUT2D eigenvalue weighted by molar-refractivity contribution is -0.365. The fourth-order valence-corrected chi connectivity index (χ4v) is 19.1. The first-order valence-electron chi connectivity index (χ1n) is 25.9. The topological polar surface area (TPSA) is 197 Å². The van der Waals surface area contributed by atoms with Crippen molar-refractivity contribution in [3.05, 3.63) is 83.9 Å². The second-order valence-electron chi connectivity index (χ2n) is 24.0. The molecule has 17 heteroatoms. The minimum absolute atomic E-state index is 0.0129. The van der Waals surface area contributed by atoms with Gasteiger partial charge in [-0.25, -0.2) is 14.4 Å². The summed E-state index contributed by atoms with van der Waals surface area (Å²) in [5.74, 6) is -4.30. The van der Waals surface area contributed by atoms with Gasteiger partial charge in [0.25, 0.3) is 0 Å². The van der Waals surface area contributed by atoms with Crippen LogP contribution in [-0.2, 0) is 51.9 Å². The van der Waals surface area contributed by atoms with Crippen LogP contribution in [0.4, 0.5) is 4.79 Å². The molecule has 1 amide bonds. The Labute approximate surface area is 432 Å². The lowest BCUT2D eigenvalue weighted by Crippen LogP contribution is -2.82. The third-order valence-electron chi connectivity index (χ3n) is 16.6. The lowest BCUT2D eigenvalue weighted by Gasteiger charge is -2.69. The molecule has 2 bridgehead atoms.